The molecule has 1 heterocycles. The van der Waals surface area contributed by atoms with Crippen molar-refractivity contribution in [2.75, 3.05) is 19.5 Å². The Kier molecular flexibility index (Phi) is 4.88. The van der Waals surface area contributed by atoms with Crippen molar-refractivity contribution in [2.45, 2.75) is 6.92 Å². The third kappa shape index (κ3) is 3.23. The average molecular weight is 355 g/mol. The summed E-state index contributed by atoms with van der Waals surface area (Å²) in [5, 5.41) is 6.93. The first-order chi connectivity index (χ1) is 12.5. The number of benzene rings is 2. The number of carbonyl (C=O) groups excluding carboxylic acids is 1. The summed E-state index contributed by atoms with van der Waals surface area (Å²) >= 11 is 0. The van der Waals surface area contributed by atoms with Crippen LogP contribution in [0, 0.1) is 12.7 Å². The van der Waals surface area contributed by atoms with Crippen LogP contribution in [0.5, 0.6) is 11.5 Å². The summed E-state index contributed by atoms with van der Waals surface area (Å²) in [5.41, 5.74) is 1.65. The van der Waals surface area contributed by atoms with Crippen LogP contribution in [0.25, 0.3) is 5.69 Å². The van der Waals surface area contributed by atoms with Gasteiger partial charge in [-0.15, -0.1) is 0 Å². The molecule has 3 rings (SSSR count). The van der Waals surface area contributed by atoms with E-state index < -0.39 is 5.82 Å². The summed E-state index contributed by atoms with van der Waals surface area (Å²) in [6, 6.07) is 11.3. The number of hydrogen-bond donors (Lipinski definition) is 1. The number of nitrogens with zero attached hydrogens (tertiary/aromatic N) is 2. The molecule has 0 aliphatic carbocycles. The molecular formula is C19H18FN3O3. The molecule has 0 atom stereocenters. The van der Waals surface area contributed by atoms with Crippen molar-refractivity contribution in [2.24, 2.45) is 0 Å². The van der Waals surface area contributed by atoms with Crippen LogP contribution in [0.15, 0.2) is 48.7 Å². The van der Waals surface area contributed by atoms with Gasteiger partial charge in [-0.3, -0.25) is 4.79 Å². The van der Waals surface area contributed by atoms with Crippen LogP contribution < -0.4 is 14.8 Å². The molecule has 0 saturated carbocycles. The predicted molar refractivity (Wildman–Crippen MR) is 95.8 cm³/mol. The molecule has 1 amide bonds. The third-order valence-electron chi connectivity index (χ3n) is 3.99. The van der Waals surface area contributed by atoms with Gasteiger partial charge in [-0.25, -0.2) is 9.07 Å². The van der Waals surface area contributed by atoms with E-state index in [0.717, 1.165) is 0 Å². The number of methoxy groups -OCH3 is 2. The first-order valence-corrected chi connectivity index (χ1v) is 7.88. The number of aromatic nitrogens is 2. The van der Waals surface area contributed by atoms with Crippen LogP contribution in [0.4, 0.5) is 10.1 Å². The fraction of sp³-hybridized carbons (Fsp3) is 0.158. The van der Waals surface area contributed by atoms with Crippen molar-refractivity contribution in [3.05, 3.63) is 65.7 Å². The summed E-state index contributed by atoms with van der Waals surface area (Å²) in [5.74, 6) is 0.302. The molecule has 0 bridgehead atoms. The van der Waals surface area contributed by atoms with E-state index in [-0.39, 0.29) is 11.6 Å². The standard InChI is InChI=1S/C19H18FN3O3/c1-12-14(11-21-23(12)17-7-5-4-6-15(17)20)19(24)22-16-9-8-13(25-2)10-18(16)26-3/h4-11H,1-3H3,(H,22,24). The predicted octanol–water partition coefficient (Wildman–Crippen LogP) is 3.59. The molecule has 3 aromatic rings. The molecule has 0 spiro atoms. The molecule has 1 N–H and O–H groups in total. The fourth-order valence-electron chi connectivity index (χ4n) is 2.59. The zero-order valence-corrected chi connectivity index (χ0v) is 14.6. The van der Waals surface area contributed by atoms with Crippen molar-refractivity contribution in [1.82, 2.24) is 9.78 Å². The molecule has 2 aromatic carbocycles. The minimum absolute atomic E-state index is 0.283. The van der Waals surface area contributed by atoms with E-state index in [1.54, 1.807) is 50.4 Å². The van der Waals surface area contributed by atoms with Gasteiger partial charge in [0.1, 0.15) is 23.0 Å². The Bertz CT molecular complexity index is 953. The lowest BCUT2D eigenvalue weighted by Gasteiger charge is -2.11. The topological polar surface area (TPSA) is 65.4 Å². The molecule has 1 aromatic heterocycles. The van der Waals surface area contributed by atoms with E-state index in [9.17, 15) is 9.18 Å². The number of halogens is 1. The number of rotatable bonds is 5. The van der Waals surface area contributed by atoms with Gasteiger partial charge in [0.05, 0.1) is 37.4 Å². The Morgan fingerprint density at radius 3 is 2.62 bits per heavy atom. The molecule has 26 heavy (non-hydrogen) atoms. The SMILES string of the molecule is COc1ccc(NC(=O)c2cnn(-c3ccccc3F)c2C)c(OC)c1. The van der Waals surface area contributed by atoms with Crippen LogP contribution in [-0.4, -0.2) is 29.9 Å². The molecule has 0 fully saturated rings. The Labute approximate surface area is 150 Å². The number of nitrogens with one attached hydrogen (secondary N) is 1. The molecule has 0 radical (unpaired) electrons. The summed E-state index contributed by atoms with van der Waals surface area (Å²) in [7, 11) is 3.05. The second kappa shape index (κ2) is 7.26. The van der Waals surface area contributed by atoms with Crippen molar-refractivity contribution >= 4 is 11.6 Å². The van der Waals surface area contributed by atoms with Gasteiger partial charge in [0.15, 0.2) is 0 Å². The molecule has 134 valence electrons. The van der Waals surface area contributed by atoms with Gasteiger partial charge in [0.25, 0.3) is 5.91 Å². The van der Waals surface area contributed by atoms with E-state index in [4.69, 9.17) is 9.47 Å². The Morgan fingerprint density at radius 2 is 1.92 bits per heavy atom. The van der Waals surface area contributed by atoms with Gasteiger partial charge in [-0.1, -0.05) is 12.1 Å². The fourth-order valence-corrected chi connectivity index (χ4v) is 2.59. The molecule has 0 aliphatic rings. The Morgan fingerprint density at radius 1 is 1.15 bits per heavy atom. The average Bonchev–Trinajstić information content (AvgIpc) is 3.03. The maximum atomic E-state index is 14.0. The second-order valence-electron chi connectivity index (χ2n) is 5.53. The highest BCUT2D eigenvalue weighted by Crippen LogP contribution is 2.29. The first kappa shape index (κ1) is 17.5. The van der Waals surface area contributed by atoms with E-state index in [0.29, 0.717) is 28.4 Å². The zero-order chi connectivity index (χ0) is 18.7. The number of hydrogen-bond acceptors (Lipinski definition) is 4. The van der Waals surface area contributed by atoms with Crippen LogP contribution in [0.2, 0.25) is 0 Å². The number of anilines is 1. The van der Waals surface area contributed by atoms with Crippen LogP contribution >= 0.6 is 0 Å². The molecule has 0 aliphatic heterocycles. The van der Waals surface area contributed by atoms with Crippen LogP contribution in [0.1, 0.15) is 16.1 Å². The van der Waals surface area contributed by atoms with Gasteiger partial charge in [0.2, 0.25) is 0 Å². The number of para-hydroxylation sites is 1. The molecular weight excluding hydrogens is 337 g/mol. The van der Waals surface area contributed by atoms with Crippen molar-refractivity contribution in [3.63, 3.8) is 0 Å². The maximum absolute atomic E-state index is 14.0. The van der Waals surface area contributed by atoms with E-state index in [1.165, 1.54) is 24.1 Å². The molecule has 7 heteroatoms. The summed E-state index contributed by atoms with van der Waals surface area (Å²) in [6.07, 6.45) is 1.41. The van der Waals surface area contributed by atoms with Gasteiger partial charge >= 0.3 is 0 Å². The molecule has 0 saturated heterocycles. The highest BCUT2D eigenvalue weighted by atomic mass is 19.1. The first-order valence-electron chi connectivity index (χ1n) is 7.88. The lowest BCUT2D eigenvalue weighted by Crippen LogP contribution is -2.14. The maximum Gasteiger partial charge on any atom is 0.259 e. The summed E-state index contributed by atoms with van der Waals surface area (Å²) in [4.78, 5) is 12.6. The minimum atomic E-state index is -0.414. The smallest absolute Gasteiger partial charge is 0.259 e. The normalized spacial score (nSPS) is 10.5. The Hall–Kier alpha value is -3.35. The van der Waals surface area contributed by atoms with Crippen LogP contribution in [-0.2, 0) is 0 Å². The molecule has 0 unspecified atom stereocenters. The highest BCUT2D eigenvalue weighted by Gasteiger charge is 2.18. The quantitative estimate of drug-likeness (QED) is 0.760. The summed E-state index contributed by atoms with van der Waals surface area (Å²) < 4.78 is 25.8. The zero-order valence-electron chi connectivity index (χ0n) is 14.6. The third-order valence-corrected chi connectivity index (χ3v) is 3.99. The lowest BCUT2D eigenvalue weighted by molar-refractivity contribution is 0.102. The number of carbonyl (C=O) groups is 1. The number of amides is 1. The second-order valence-corrected chi connectivity index (χ2v) is 5.53. The van der Waals surface area contributed by atoms with Crippen LogP contribution in [0.3, 0.4) is 0 Å². The lowest BCUT2D eigenvalue weighted by atomic mass is 10.2. The van der Waals surface area contributed by atoms with Gasteiger partial charge in [0, 0.05) is 6.07 Å². The van der Waals surface area contributed by atoms with Crippen molar-refractivity contribution < 1.29 is 18.7 Å². The van der Waals surface area contributed by atoms with Crippen molar-refractivity contribution in [3.8, 4) is 17.2 Å². The monoisotopic (exact) mass is 355 g/mol. The minimum Gasteiger partial charge on any atom is -0.497 e. The Balaban J connectivity index is 1.89. The number of ether oxygens (including phenoxy) is 2. The van der Waals surface area contributed by atoms with E-state index in [1.807, 2.05) is 0 Å². The van der Waals surface area contributed by atoms with Gasteiger partial charge < -0.3 is 14.8 Å². The highest BCUT2D eigenvalue weighted by molar-refractivity contribution is 6.05. The van der Waals surface area contributed by atoms with E-state index in [2.05, 4.69) is 10.4 Å². The van der Waals surface area contributed by atoms with Gasteiger partial charge in [-0.2, -0.15) is 5.10 Å². The summed E-state index contributed by atoms with van der Waals surface area (Å²) in [6.45, 7) is 1.71. The van der Waals surface area contributed by atoms with E-state index >= 15 is 0 Å². The van der Waals surface area contributed by atoms with Gasteiger partial charge in [-0.05, 0) is 31.2 Å². The van der Waals surface area contributed by atoms with Crippen molar-refractivity contribution in [1.29, 1.82) is 0 Å². The largest absolute Gasteiger partial charge is 0.497 e. The molecule has 6 nitrogen and oxygen atoms in total.